The van der Waals surface area contributed by atoms with Gasteiger partial charge in [-0.1, -0.05) is 19.1 Å². The summed E-state index contributed by atoms with van der Waals surface area (Å²) in [5.41, 5.74) is 0.956. The molecule has 1 atom stereocenters. The van der Waals surface area contributed by atoms with E-state index < -0.39 is 0 Å². The lowest BCUT2D eigenvalue weighted by Crippen LogP contribution is -2.46. The highest BCUT2D eigenvalue weighted by Crippen LogP contribution is 2.20. The number of carbonyl (C=O) groups is 1. The number of hydrogen-bond donors (Lipinski definition) is 1. The van der Waals surface area contributed by atoms with Gasteiger partial charge in [0.05, 0.1) is 12.2 Å². The molecule has 1 unspecified atom stereocenters. The van der Waals surface area contributed by atoms with Crippen LogP contribution in [0.4, 0.5) is 10.1 Å². The van der Waals surface area contributed by atoms with E-state index in [4.69, 9.17) is 4.42 Å². The van der Waals surface area contributed by atoms with Crippen LogP contribution >= 0.6 is 0 Å². The summed E-state index contributed by atoms with van der Waals surface area (Å²) in [7, 11) is 0. The summed E-state index contributed by atoms with van der Waals surface area (Å²) in [5, 5.41) is 2.87. The summed E-state index contributed by atoms with van der Waals surface area (Å²) >= 11 is 0. The van der Waals surface area contributed by atoms with E-state index in [0.29, 0.717) is 23.8 Å². The molecule has 1 saturated heterocycles. The molecule has 0 bridgehead atoms. The van der Waals surface area contributed by atoms with Gasteiger partial charge in [0.2, 0.25) is 5.89 Å². The molecule has 6 nitrogen and oxygen atoms in total. The highest BCUT2D eigenvalue weighted by atomic mass is 19.1. The lowest BCUT2D eigenvalue weighted by Gasteiger charge is -2.35. The first-order valence-corrected chi connectivity index (χ1v) is 9.04. The summed E-state index contributed by atoms with van der Waals surface area (Å²) in [4.78, 5) is 20.6. The molecule has 0 aliphatic carbocycles. The SMILES string of the molecule is CCC(C)NC(=O)c1coc(CN2CCN(c3ccccc3F)CC2)n1. The van der Waals surface area contributed by atoms with Gasteiger partial charge in [-0.2, -0.15) is 0 Å². The van der Waals surface area contributed by atoms with Crippen LogP contribution in [-0.2, 0) is 6.54 Å². The predicted molar refractivity (Wildman–Crippen MR) is 97.6 cm³/mol. The zero-order chi connectivity index (χ0) is 18.5. The fraction of sp³-hybridized carbons (Fsp3) is 0.474. The Kier molecular flexibility index (Phi) is 5.88. The molecule has 1 aliphatic rings. The minimum Gasteiger partial charge on any atom is -0.447 e. The number of rotatable bonds is 6. The van der Waals surface area contributed by atoms with Crippen molar-refractivity contribution in [2.24, 2.45) is 0 Å². The van der Waals surface area contributed by atoms with E-state index in [0.717, 1.165) is 32.6 Å². The fourth-order valence-corrected chi connectivity index (χ4v) is 2.93. The molecule has 1 amide bonds. The van der Waals surface area contributed by atoms with Crippen LogP contribution in [0.2, 0.25) is 0 Å². The molecule has 2 heterocycles. The minimum absolute atomic E-state index is 0.106. The molecular formula is C19H25FN4O2. The van der Waals surface area contributed by atoms with Gasteiger partial charge >= 0.3 is 0 Å². The Morgan fingerprint density at radius 3 is 2.73 bits per heavy atom. The Balaban J connectivity index is 1.52. The zero-order valence-electron chi connectivity index (χ0n) is 15.2. The van der Waals surface area contributed by atoms with Gasteiger partial charge in [-0.05, 0) is 25.5 Å². The lowest BCUT2D eigenvalue weighted by atomic mass is 10.2. The molecule has 0 saturated carbocycles. The molecule has 1 aliphatic heterocycles. The van der Waals surface area contributed by atoms with E-state index in [1.165, 1.54) is 12.3 Å². The van der Waals surface area contributed by atoms with Crippen LogP contribution in [0.25, 0.3) is 0 Å². The number of anilines is 1. The molecule has 1 N–H and O–H groups in total. The third-order valence-corrected chi connectivity index (χ3v) is 4.70. The Morgan fingerprint density at radius 2 is 2.04 bits per heavy atom. The number of hydrogen-bond acceptors (Lipinski definition) is 5. The average Bonchev–Trinajstić information content (AvgIpc) is 3.11. The Hall–Kier alpha value is -2.41. The van der Waals surface area contributed by atoms with E-state index in [2.05, 4.69) is 15.2 Å². The van der Waals surface area contributed by atoms with Gasteiger partial charge < -0.3 is 14.6 Å². The molecule has 1 aromatic heterocycles. The number of para-hydroxylation sites is 1. The summed E-state index contributed by atoms with van der Waals surface area (Å²) < 4.78 is 19.3. The largest absolute Gasteiger partial charge is 0.447 e. The van der Waals surface area contributed by atoms with Crippen molar-refractivity contribution in [3.8, 4) is 0 Å². The monoisotopic (exact) mass is 360 g/mol. The van der Waals surface area contributed by atoms with Gasteiger partial charge in [-0.3, -0.25) is 9.69 Å². The van der Waals surface area contributed by atoms with Gasteiger partial charge in [-0.15, -0.1) is 0 Å². The van der Waals surface area contributed by atoms with Crippen LogP contribution in [0.15, 0.2) is 34.9 Å². The Morgan fingerprint density at radius 1 is 1.31 bits per heavy atom. The number of halogens is 1. The predicted octanol–water partition coefficient (Wildman–Crippen LogP) is 2.66. The Bertz CT molecular complexity index is 741. The number of aromatic nitrogens is 1. The molecule has 3 rings (SSSR count). The second kappa shape index (κ2) is 8.31. The van der Waals surface area contributed by atoms with Crippen molar-refractivity contribution in [2.45, 2.75) is 32.9 Å². The maximum absolute atomic E-state index is 13.9. The first-order chi connectivity index (χ1) is 12.6. The first kappa shape index (κ1) is 18.4. The van der Waals surface area contributed by atoms with Crippen LogP contribution in [0.3, 0.4) is 0 Å². The molecule has 0 radical (unpaired) electrons. The molecule has 140 valence electrons. The van der Waals surface area contributed by atoms with E-state index in [9.17, 15) is 9.18 Å². The van der Waals surface area contributed by atoms with E-state index in [1.807, 2.05) is 24.8 Å². The second-order valence-corrected chi connectivity index (χ2v) is 6.62. The van der Waals surface area contributed by atoms with Crippen molar-refractivity contribution in [1.82, 2.24) is 15.2 Å². The molecule has 7 heteroatoms. The number of nitrogens with zero attached hydrogens (tertiary/aromatic N) is 3. The van der Waals surface area contributed by atoms with Crippen molar-refractivity contribution in [1.29, 1.82) is 0 Å². The average molecular weight is 360 g/mol. The molecule has 2 aromatic rings. The normalized spacial score (nSPS) is 16.5. The summed E-state index contributed by atoms with van der Waals surface area (Å²) in [6.45, 7) is 7.55. The topological polar surface area (TPSA) is 61.6 Å². The summed E-state index contributed by atoms with van der Waals surface area (Å²) in [6.07, 6.45) is 2.27. The van der Waals surface area contributed by atoms with E-state index >= 15 is 0 Å². The minimum atomic E-state index is -0.210. The van der Waals surface area contributed by atoms with Crippen LogP contribution in [0.1, 0.15) is 36.6 Å². The van der Waals surface area contributed by atoms with Gasteiger partial charge in [0.25, 0.3) is 5.91 Å². The van der Waals surface area contributed by atoms with E-state index in [-0.39, 0.29) is 17.8 Å². The third kappa shape index (κ3) is 4.40. The summed E-state index contributed by atoms with van der Waals surface area (Å²) in [5.74, 6) is 0.128. The van der Waals surface area contributed by atoms with Gasteiger partial charge in [0.15, 0.2) is 5.69 Å². The van der Waals surface area contributed by atoms with Crippen LogP contribution in [-0.4, -0.2) is 48.0 Å². The van der Waals surface area contributed by atoms with E-state index in [1.54, 1.807) is 12.1 Å². The number of oxazole rings is 1. The number of benzene rings is 1. The maximum Gasteiger partial charge on any atom is 0.273 e. The number of amides is 1. The number of piperazine rings is 1. The maximum atomic E-state index is 13.9. The quantitative estimate of drug-likeness (QED) is 0.858. The molecule has 1 fully saturated rings. The highest BCUT2D eigenvalue weighted by Gasteiger charge is 2.21. The molecule has 26 heavy (non-hydrogen) atoms. The van der Waals surface area contributed by atoms with Crippen LogP contribution in [0, 0.1) is 5.82 Å². The number of nitrogens with one attached hydrogen (secondary N) is 1. The highest BCUT2D eigenvalue weighted by molar-refractivity contribution is 5.92. The van der Waals surface area contributed by atoms with Crippen molar-refractivity contribution in [3.63, 3.8) is 0 Å². The lowest BCUT2D eigenvalue weighted by molar-refractivity contribution is 0.0934. The zero-order valence-corrected chi connectivity index (χ0v) is 15.2. The van der Waals surface area contributed by atoms with Crippen molar-refractivity contribution in [2.75, 3.05) is 31.1 Å². The van der Waals surface area contributed by atoms with Crippen molar-refractivity contribution >= 4 is 11.6 Å². The standard InChI is InChI=1S/C19H25FN4O2/c1-3-14(2)21-19(25)16-13-26-18(22-16)12-23-8-10-24(11-9-23)17-7-5-4-6-15(17)20/h4-7,13-14H,3,8-12H2,1-2H3,(H,21,25). The molecular weight excluding hydrogens is 335 g/mol. The number of carbonyl (C=O) groups excluding carboxylic acids is 1. The third-order valence-electron chi connectivity index (χ3n) is 4.70. The molecule has 0 spiro atoms. The smallest absolute Gasteiger partial charge is 0.273 e. The second-order valence-electron chi connectivity index (χ2n) is 6.62. The Labute approximate surface area is 153 Å². The van der Waals surface area contributed by atoms with Crippen molar-refractivity contribution in [3.05, 3.63) is 47.9 Å². The van der Waals surface area contributed by atoms with Gasteiger partial charge in [0.1, 0.15) is 12.1 Å². The van der Waals surface area contributed by atoms with Crippen molar-refractivity contribution < 1.29 is 13.6 Å². The first-order valence-electron chi connectivity index (χ1n) is 9.04. The van der Waals surface area contributed by atoms with Crippen LogP contribution in [0.5, 0.6) is 0 Å². The van der Waals surface area contributed by atoms with Gasteiger partial charge in [0, 0.05) is 32.2 Å². The van der Waals surface area contributed by atoms with Gasteiger partial charge in [-0.25, -0.2) is 9.37 Å². The fourth-order valence-electron chi connectivity index (χ4n) is 2.93. The van der Waals surface area contributed by atoms with Crippen LogP contribution < -0.4 is 10.2 Å². The summed E-state index contributed by atoms with van der Waals surface area (Å²) in [6, 6.07) is 6.95. The molecule has 1 aromatic carbocycles.